The maximum Gasteiger partial charge on any atom is 0.271 e. The normalized spacial score (nSPS) is 11.9. The first-order chi connectivity index (χ1) is 13.3. The summed E-state index contributed by atoms with van der Waals surface area (Å²) in [6.07, 6.45) is 0. The van der Waals surface area contributed by atoms with Crippen LogP contribution in [0.3, 0.4) is 0 Å². The van der Waals surface area contributed by atoms with Crippen LogP contribution in [0.25, 0.3) is 0 Å². The number of rotatable bonds is 8. The van der Waals surface area contributed by atoms with Gasteiger partial charge in [-0.05, 0) is 69.8 Å². The van der Waals surface area contributed by atoms with Gasteiger partial charge in [0.15, 0.2) is 0 Å². The molecular formula is C20H26N4O3S. The predicted molar refractivity (Wildman–Crippen MR) is 112 cm³/mol. The van der Waals surface area contributed by atoms with Crippen molar-refractivity contribution in [3.63, 3.8) is 0 Å². The molecule has 0 atom stereocenters. The highest BCUT2D eigenvalue weighted by atomic mass is 32.2. The molecule has 0 aliphatic rings. The summed E-state index contributed by atoms with van der Waals surface area (Å²) in [4.78, 5) is 14.7. The Balaban J connectivity index is 2.07. The second-order valence-electron chi connectivity index (χ2n) is 6.09. The Bertz CT molecular complexity index is 932. The van der Waals surface area contributed by atoms with Crippen LogP contribution in [0.1, 0.15) is 36.7 Å². The Morgan fingerprint density at radius 3 is 2.00 bits per heavy atom. The first kappa shape index (κ1) is 21.6. The van der Waals surface area contributed by atoms with Crippen molar-refractivity contribution in [2.75, 3.05) is 25.0 Å². The van der Waals surface area contributed by atoms with Crippen LogP contribution in [0.15, 0.2) is 58.5 Å². The third-order valence-electron chi connectivity index (χ3n) is 4.43. The van der Waals surface area contributed by atoms with Crippen molar-refractivity contribution in [1.82, 2.24) is 10.1 Å². The molecule has 0 aliphatic carbocycles. The van der Waals surface area contributed by atoms with Gasteiger partial charge in [-0.25, -0.2) is 18.6 Å². The van der Waals surface area contributed by atoms with Crippen LogP contribution in [0.4, 0.5) is 5.69 Å². The van der Waals surface area contributed by atoms with E-state index in [0.717, 1.165) is 18.8 Å². The van der Waals surface area contributed by atoms with Crippen LogP contribution >= 0.6 is 0 Å². The molecule has 2 aromatic carbocycles. The van der Waals surface area contributed by atoms with Gasteiger partial charge in [0.25, 0.3) is 5.91 Å². The van der Waals surface area contributed by atoms with Gasteiger partial charge in [0, 0.05) is 24.3 Å². The van der Waals surface area contributed by atoms with E-state index in [1.807, 2.05) is 12.1 Å². The minimum Gasteiger partial charge on any atom is -0.372 e. The van der Waals surface area contributed by atoms with Crippen LogP contribution in [0, 0.1) is 0 Å². The lowest BCUT2D eigenvalue weighted by Gasteiger charge is -2.20. The van der Waals surface area contributed by atoms with Crippen molar-refractivity contribution >= 4 is 27.3 Å². The van der Waals surface area contributed by atoms with Crippen molar-refractivity contribution in [3.8, 4) is 0 Å². The summed E-state index contributed by atoms with van der Waals surface area (Å²) < 4.78 is 25.8. The quantitative estimate of drug-likeness (QED) is 0.524. The topological polar surface area (TPSA) is 90.9 Å². The van der Waals surface area contributed by atoms with Crippen molar-refractivity contribution < 1.29 is 13.2 Å². The fourth-order valence-corrected chi connectivity index (χ4v) is 3.40. The third kappa shape index (κ3) is 5.17. The van der Waals surface area contributed by atoms with Crippen LogP contribution in [-0.2, 0) is 10.0 Å². The largest absolute Gasteiger partial charge is 0.372 e. The van der Waals surface area contributed by atoms with Gasteiger partial charge < -0.3 is 4.90 Å². The van der Waals surface area contributed by atoms with E-state index in [1.165, 1.54) is 19.2 Å². The Kier molecular flexibility index (Phi) is 7.31. The molecule has 0 saturated carbocycles. The van der Waals surface area contributed by atoms with E-state index in [4.69, 9.17) is 0 Å². The second-order valence-corrected chi connectivity index (χ2v) is 7.98. The fraction of sp³-hybridized carbons (Fsp3) is 0.300. The number of carbonyl (C=O) groups is 1. The SMILES string of the molecule is CCN(CC)c1ccc(C(=O)N/N=C(/C)c2ccc(S(=O)(=O)NC)cc2)cc1. The second kappa shape index (κ2) is 9.48. The van der Waals surface area contributed by atoms with Gasteiger partial charge >= 0.3 is 0 Å². The summed E-state index contributed by atoms with van der Waals surface area (Å²) >= 11 is 0. The Hall–Kier alpha value is -2.71. The monoisotopic (exact) mass is 402 g/mol. The number of hydrazone groups is 1. The Morgan fingerprint density at radius 1 is 0.964 bits per heavy atom. The standard InChI is InChI=1S/C20H26N4O3S/c1-5-24(6-2)18-11-7-17(8-12-18)20(25)23-22-15(3)16-9-13-19(14-10-16)28(26,27)21-4/h7-14,21H,5-6H2,1-4H3,(H,23,25)/b22-15-. The van der Waals surface area contributed by atoms with Crippen LogP contribution in [-0.4, -0.2) is 40.2 Å². The van der Waals surface area contributed by atoms with Crippen LogP contribution < -0.4 is 15.0 Å². The number of sulfonamides is 1. The number of nitrogens with one attached hydrogen (secondary N) is 2. The maximum absolute atomic E-state index is 12.3. The molecule has 2 aromatic rings. The minimum atomic E-state index is -3.48. The first-order valence-electron chi connectivity index (χ1n) is 9.06. The summed E-state index contributed by atoms with van der Waals surface area (Å²) in [5, 5.41) is 4.11. The molecule has 0 aliphatic heterocycles. The lowest BCUT2D eigenvalue weighted by Crippen LogP contribution is -2.22. The smallest absolute Gasteiger partial charge is 0.271 e. The molecule has 0 unspecified atom stereocenters. The molecule has 0 aromatic heterocycles. The van der Waals surface area contributed by atoms with E-state index in [9.17, 15) is 13.2 Å². The Morgan fingerprint density at radius 2 is 1.50 bits per heavy atom. The van der Waals surface area contributed by atoms with Gasteiger partial charge in [-0.15, -0.1) is 0 Å². The lowest BCUT2D eigenvalue weighted by molar-refractivity contribution is 0.0955. The molecule has 150 valence electrons. The number of hydrogen-bond donors (Lipinski definition) is 2. The van der Waals surface area contributed by atoms with Gasteiger partial charge in [0.1, 0.15) is 0 Å². The molecule has 0 bridgehead atoms. The van der Waals surface area contributed by atoms with E-state index in [2.05, 4.69) is 34.0 Å². The average molecular weight is 403 g/mol. The summed E-state index contributed by atoms with van der Waals surface area (Å²) in [7, 11) is -2.12. The molecule has 0 spiro atoms. The molecule has 0 fully saturated rings. The maximum atomic E-state index is 12.3. The molecule has 2 N–H and O–H groups in total. The van der Waals surface area contributed by atoms with E-state index in [-0.39, 0.29) is 10.8 Å². The number of nitrogens with zero attached hydrogens (tertiary/aromatic N) is 2. The lowest BCUT2D eigenvalue weighted by atomic mass is 10.1. The fourth-order valence-electron chi connectivity index (χ4n) is 2.67. The van der Waals surface area contributed by atoms with E-state index in [0.29, 0.717) is 16.8 Å². The molecule has 7 nitrogen and oxygen atoms in total. The van der Waals surface area contributed by atoms with E-state index >= 15 is 0 Å². The molecule has 8 heteroatoms. The number of carbonyl (C=O) groups excluding carboxylic acids is 1. The van der Waals surface area contributed by atoms with Crippen molar-refractivity contribution in [2.24, 2.45) is 5.10 Å². The highest BCUT2D eigenvalue weighted by molar-refractivity contribution is 7.89. The highest BCUT2D eigenvalue weighted by Gasteiger charge is 2.11. The molecule has 0 radical (unpaired) electrons. The number of hydrogen-bond acceptors (Lipinski definition) is 5. The zero-order valence-corrected chi connectivity index (χ0v) is 17.4. The summed E-state index contributed by atoms with van der Waals surface area (Å²) in [5.41, 5.74) is 5.40. The van der Waals surface area contributed by atoms with E-state index in [1.54, 1.807) is 31.2 Å². The molecule has 1 amide bonds. The van der Waals surface area contributed by atoms with Crippen molar-refractivity contribution in [3.05, 3.63) is 59.7 Å². The first-order valence-corrected chi connectivity index (χ1v) is 10.5. The summed E-state index contributed by atoms with van der Waals surface area (Å²) in [6.45, 7) is 7.72. The zero-order chi connectivity index (χ0) is 20.7. The van der Waals surface area contributed by atoms with Gasteiger partial charge in [-0.1, -0.05) is 12.1 Å². The zero-order valence-electron chi connectivity index (χ0n) is 16.6. The van der Waals surface area contributed by atoms with Crippen LogP contribution in [0.2, 0.25) is 0 Å². The van der Waals surface area contributed by atoms with Gasteiger partial charge in [-0.2, -0.15) is 5.10 Å². The molecule has 0 saturated heterocycles. The van der Waals surface area contributed by atoms with Gasteiger partial charge in [0.2, 0.25) is 10.0 Å². The highest BCUT2D eigenvalue weighted by Crippen LogP contribution is 2.15. The molecule has 2 rings (SSSR count). The van der Waals surface area contributed by atoms with Gasteiger partial charge in [-0.3, -0.25) is 4.79 Å². The number of amides is 1. The summed E-state index contributed by atoms with van der Waals surface area (Å²) in [5.74, 6) is -0.306. The Labute approximate surface area is 166 Å². The predicted octanol–water partition coefficient (Wildman–Crippen LogP) is 2.59. The van der Waals surface area contributed by atoms with Crippen molar-refractivity contribution in [1.29, 1.82) is 0 Å². The summed E-state index contributed by atoms with van der Waals surface area (Å²) in [6, 6.07) is 13.7. The third-order valence-corrected chi connectivity index (χ3v) is 5.86. The van der Waals surface area contributed by atoms with Crippen LogP contribution in [0.5, 0.6) is 0 Å². The molecule has 28 heavy (non-hydrogen) atoms. The minimum absolute atomic E-state index is 0.170. The van der Waals surface area contributed by atoms with Crippen molar-refractivity contribution in [2.45, 2.75) is 25.7 Å². The van der Waals surface area contributed by atoms with E-state index < -0.39 is 10.0 Å². The molecule has 0 heterocycles. The molecular weight excluding hydrogens is 376 g/mol. The van der Waals surface area contributed by atoms with Gasteiger partial charge in [0.05, 0.1) is 10.6 Å². The number of anilines is 1. The number of benzene rings is 2. The average Bonchev–Trinajstić information content (AvgIpc) is 2.73.